The summed E-state index contributed by atoms with van der Waals surface area (Å²) >= 11 is 0. The Morgan fingerprint density at radius 3 is 2.33 bits per heavy atom. The monoisotopic (exact) mass is 448 g/mol. The first-order chi connectivity index (χ1) is 15.8. The highest BCUT2D eigenvalue weighted by atomic mass is 19.2. The number of carbonyl (C=O) groups excluding carboxylic acids is 2. The molecule has 1 N–H and O–H groups in total. The zero-order valence-corrected chi connectivity index (χ0v) is 18.4. The Morgan fingerprint density at radius 2 is 1.64 bits per heavy atom. The molecule has 0 aromatic heterocycles. The van der Waals surface area contributed by atoms with Gasteiger partial charge in [-0.1, -0.05) is 36.4 Å². The molecular formula is C26H22F2N2O3. The second-order valence-electron chi connectivity index (χ2n) is 7.81. The van der Waals surface area contributed by atoms with Crippen molar-refractivity contribution < 1.29 is 23.1 Å². The van der Waals surface area contributed by atoms with Crippen molar-refractivity contribution in [2.24, 2.45) is 0 Å². The number of benzene rings is 3. The van der Waals surface area contributed by atoms with Crippen molar-refractivity contribution in [1.82, 2.24) is 4.90 Å². The molecule has 168 valence electrons. The summed E-state index contributed by atoms with van der Waals surface area (Å²) < 4.78 is 32.5. The average Bonchev–Trinajstić information content (AvgIpc) is 3.02. The molecule has 5 nitrogen and oxygen atoms in total. The van der Waals surface area contributed by atoms with Crippen LogP contribution in [0.4, 0.5) is 14.5 Å². The molecule has 0 saturated heterocycles. The zero-order chi connectivity index (χ0) is 23.7. The predicted molar refractivity (Wildman–Crippen MR) is 121 cm³/mol. The molecule has 3 aromatic carbocycles. The Bertz CT molecular complexity index is 1300. The van der Waals surface area contributed by atoms with Crippen LogP contribution in [0, 0.1) is 25.5 Å². The first-order valence-electron chi connectivity index (χ1n) is 10.3. The van der Waals surface area contributed by atoms with Gasteiger partial charge < -0.3 is 10.1 Å². The largest absolute Gasteiger partial charge is 0.496 e. The summed E-state index contributed by atoms with van der Waals surface area (Å²) in [5, 5.41) is 2.85. The molecular weight excluding hydrogens is 426 g/mol. The summed E-state index contributed by atoms with van der Waals surface area (Å²) in [6, 6.07) is 15.8. The molecule has 0 unspecified atom stereocenters. The topological polar surface area (TPSA) is 58.6 Å². The van der Waals surface area contributed by atoms with Gasteiger partial charge in [0.1, 0.15) is 11.4 Å². The van der Waals surface area contributed by atoms with Crippen LogP contribution in [0.2, 0.25) is 0 Å². The molecule has 1 aliphatic heterocycles. The van der Waals surface area contributed by atoms with Gasteiger partial charge in [-0.05, 0) is 48.7 Å². The van der Waals surface area contributed by atoms with Crippen molar-refractivity contribution >= 4 is 23.1 Å². The van der Waals surface area contributed by atoms with Crippen molar-refractivity contribution in [2.75, 3.05) is 12.4 Å². The summed E-state index contributed by atoms with van der Waals surface area (Å²) in [6.45, 7) is 3.86. The Balaban J connectivity index is 1.78. The van der Waals surface area contributed by atoms with Crippen LogP contribution in [0.5, 0.6) is 5.75 Å². The van der Waals surface area contributed by atoms with E-state index in [4.69, 9.17) is 4.74 Å². The van der Waals surface area contributed by atoms with Crippen LogP contribution in [-0.2, 0) is 16.1 Å². The van der Waals surface area contributed by atoms with E-state index in [1.54, 1.807) is 30.3 Å². The standard InChI is InChI=1S/C26H22F2N2O3/c1-15-8-9-17(12-16(15)2)23-24(29-19-10-11-20(27)21(28)13-19)26(32)30(25(23)31)14-18-6-4-5-7-22(18)33-3/h4-13,29H,14H2,1-3H3. The minimum Gasteiger partial charge on any atom is -0.496 e. The molecule has 7 heteroatoms. The molecule has 2 amide bonds. The highest BCUT2D eigenvalue weighted by Gasteiger charge is 2.39. The highest BCUT2D eigenvalue weighted by molar-refractivity contribution is 6.36. The number of anilines is 1. The van der Waals surface area contributed by atoms with Gasteiger partial charge in [-0.3, -0.25) is 14.5 Å². The second-order valence-corrected chi connectivity index (χ2v) is 7.81. The van der Waals surface area contributed by atoms with Crippen molar-refractivity contribution in [1.29, 1.82) is 0 Å². The highest BCUT2D eigenvalue weighted by Crippen LogP contribution is 2.33. The van der Waals surface area contributed by atoms with Crippen LogP contribution in [0.1, 0.15) is 22.3 Å². The number of rotatable bonds is 6. The van der Waals surface area contributed by atoms with Crippen LogP contribution in [0.3, 0.4) is 0 Å². The quantitative estimate of drug-likeness (QED) is 0.541. The number of imide groups is 1. The molecule has 0 saturated carbocycles. The number of aryl methyl sites for hydroxylation is 2. The number of hydrogen-bond acceptors (Lipinski definition) is 4. The molecule has 4 rings (SSSR count). The first kappa shape index (κ1) is 22.2. The maximum Gasteiger partial charge on any atom is 0.278 e. The smallest absolute Gasteiger partial charge is 0.278 e. The summed E-state index contributed by atoms with van der Waals surface area (Å²) in [5.74, 6) is -2.57. The fourth-order valence-electron chi connectivity index (χ4n) is 3.72. The molecule has 0 radical (unpaired) electrons. The third-order valence-corrected chi connectivity index (χ3v) is 5.67. The number of carbonyl (C=O) groups is 2. The fraction of sp³-hybridized carbons (Fsp3) is 0.154. The number of amides is 2. The molecule has 3 aromatic rings. The molecule has 1 aliphatic rings. The lowest BCUT2D eigenvalue weighted by atomic mass is 9.99. The summed E-state index contributed by atoms with van der Waals surface area (Å²) in [4.78, 5) is 28.0. The molecule has 33 heavy (non-hydrogen) atoms. The van der Waals surface area contributed by atoms with Gasteiger partial charge in [0.25, 0.3) is 11.8 Å². The van der Waals surface area contributed by atoms with Crippen LogP contribution in [0.25, 0.3) is 5.57 Å². The van der Waals surface area contributed by atoms with Gasteiger partial charge in [0.05, 0.1) is 19.2 Å². The van der Waals surface area contributed by atoms with Gasteiger partial charge in [0.2, 0.25) is 0 Å². The molecule has 0 bridgehead atoms. The van der Waals surface area contributed by atoms with E-state index in [-0.39, 0.29) is 23.5 Å². The van der Waals surface area contributed by atoms with E-state index in [1.807, 2.05) is 26.0 Å². The predicted octanol–water partition coefficient (Wildman–Crippen LogP) is 4.98. The van der Waals surface area contributed by atoms with Crippen LogP contribution >= 0.6 is 0 Å². The first-order valence-corrected chi connectivity index (χ1v) is 10.3. The third kappa shape index (κ3) is 4.22. The SMILES string of the molecule is COc1ccccc1CN1C(=O)C(Nc2ccc(F)c(F)c2)=C(c2ccc(C)c(C)c2)C1=O. The van der Waals surface area contributed by atoms with Gasteiger partial charge in [-0.25, -0.2) is 8.78 Å². The normalized spacial score (nSPS) is 13.7. The van der Waals surface area contributed by atoms with E-state index in [9.17, 15) is 18.4 Å². The number of nitrogens with one attached hydrogen (secondary N) is 1. The van der Waals surface area contributed by atoms with Gasteiger partial charge in [-0.2, -0.15) is 0 Å². The summed E-state index contributed by atoms with van der Waals surface area (Å²) in [6.07, 6.45) is 0. The van der Waals surface area contributed by atoms with Crippen molar-refractivity contribution in [3.63, 3.8) is 0 Å². The van der Waals surface area contributed by atoms with Crippen molar-refractivity contribution in [3.05, 3.63) is 100 Å². The van der Waals surface area contributed by atoms with Crippen LogP contribution in [-0.4, -0.2) is 23.8 Å². The van der Waals surface area contributed by atoms with E-state index in [0.717, 1.165) is 28.2 Å². The minimum absolute atomic E-state index is 0.00101. The maximum atomic E-state index is 13.8. The van der Waals surface area contributed by atoms with Gasteiger partial charge >= 0.3 is 0 Å². The van der Waals surface area contributed by atoms with Gasteiger partial charge in [0.15, 0.2) is 11.6 Å². The van der Waals surface area contributed by atoms with Crippen LogP contribution in [0.15, 0.2) is 66.4 Å². The van der Waals surface area contributed by atoms with E-state index in [1.165, 1.54) is 13.2 Å². The lowest BCUT2D eigenvalue weighted by Gasteiger charge is -2.17. The minimum atomic E-state index is -1.06. The van der Waals surface area contributed by atoms with Gasteiger partial charge in [0, 0.05) is 17.3 Å². The zero-order valence-electron chi connectivity index (χ0n) is 18.4. The second kappa shape index (κ2) is 8.86. The van der Waals surface area contributed by atoms with E-state index in [2.05, 4.69) is 5.32 Å². The number of hydrogen-bond donors (Lipinski definition) is 1. The lowest BCUT2D eigenvalue weighted by molar-refractivity contribution is -0.137. The maximum absolute atomic E-state index is 13.8. The Labute approximate surface area is 190 Å². The summed E-state index contributed by atoms with van der Waals surface area (Å²) in [7, 11) is 1.52. The van der Waals surface area contributed by atoms with Gasteiger partial charge in [-0.15, -0.1) is 0 Å². The van der Waals surface area contributed by atoms with E-state index >= 15 is 0 Å². The molecule has 1 heterocycles. The Kier molecular flexibility index (Phi) is 5.96. The van der Waals surface area contributed by atoms with Crippen molar-refractivity contribution in [3.8, 4) is 5.75 Å². The lowest BCUT2D eigenvalue weighted by Crippen LogP contribution is -2.32. The molecule has 0 aliphatic carbocycles. The number of methoxy groups -OCH3 is 1. The number of halogens is 2. The molecule has 0 fully saturated rings. The Hall–Kier alpha value is -4.00. The van der Waals surface area contributed by atoms with E-state index in [0.29, 0.717) is 16.9 Å². The number of nitrogens with zero attached hydrogens (tertiary/aromatic N) is 1. The van der Waals surface area contributed by atoms with Crippen LogP contribution < -0.4 is 10.1 Å². The van der Waals surface area contributed by atoms with E-state index < -0.39 is 23.4 Å². The molecule has 0 atom stereocenters. The average molecular weight is 448 g/mol. The number of para-hydroxylation sites is 1. The number of ether oxygens (including phenoxy) is 1. The third-order valence-electron chi connectivity index (χ3n) is 5.67. The van der Waals surface area contributed by atoms with Crippen molar-refractivity contribution in [2.45, 2.75) is 20.4 Å². The Morgan fingerprint density at radius 1 is 0.879 bits per heavy atom. The fourth-order valence-corrected chi connectivity index (χ4v) is 3.72. The summed E-state index contributed by atoms with van der Waals surface area (Å²) in [5.41, 5.74) is 3.55. The molecule has 0 spiro atoms.